The maximum absolute atomic E-state index is 13.7. The summed E-state index contributed by atoms with van der Waals surface area (Å²) in [4.78, 5) is 54.8. The van der Waals surface area contributed by atoms with Gasteiger partial charge in [-0.1, -0.05) is 44.2 Å². The number of rotatable bonds is 9. The highest BCUT2D eigenvalue weighted by molar-refractivity contribution is 6.00. The molecule has 0 bridgehead atoms. The fourth-order valence-electron chi connectivity index (χ4n) is 5.10. The topological polar surface area (TPSA) is 135 Å². The summed E-state index contributed by atoms with van der Waals surface area (Å²) in [6.07, 6.45) is 0.299. The fraction of sp³-hybridized carbons (Fsp3) is 0.389. The van der Waals surface area contributed by atoms with Gasteiger partial charge in [-0.3, -0.25) is 19.2 Å². The molecule has 1 heterocycles. The zero-order valence-corrected chi connectivity index (χ0v) is 27.7. The van der Waals surface area contributed by atoms with Gasteiger partial charge in [0.2, 0.25) is 17.7 Å². The zero-order valence-electron chi connectivity index (χ0n) is 27.7. The van der Waals surface area contributed by atoms with E-state index in [2.05, 4.69) is 16.0 Å². The van der Waals surface area contributed by atoms with Crippen LogP contribution in [0.3, 0.4) is 0 Å². The summed E-state index contributed by atoms with van der Waals surface area (Å²) >= 11 is 0. The lowest BCUT2D eigenvalue weighted by Crippen LogP contribution is -2.51. The first kappa shape index (κ1) is 35.7. The van der Waals surface area contributed by atoms with Crippen LogP contribution in [0, 0.1) is 11.7 Å². The first-order valence-corrected chi connectivity index (χ1v) is 16.0. The van der Waals surface area contributed by atoms with E-state index in [4.69, 9.17) is 14.2 Å². The van der Waals surface area contributed by atoms with E-state index < -0.39 is 41.7 Å². The first-order chi connectivity index (χ1) is 23.0. The van der Waals surface area contributed by atoms with E-state index in [-0.39, 0.29) is 50.0 Å². The van der Waals surface area contributed by atoms with Crippen LogP contribution in [0.1, 0.15) is 50.4 Å². The summed E-state index contributed by atoms with van der Waals surface area (Å²) in [6.45, 7) is 6.06. The number of likely N-dealkylation sites (N-methyl/N-ethyl adjacent to an activating group) is 1. The largest absolute Gasteiger partial charge is 0.491 e. The van der Waals surface area contributed by atoms with E-state index in [1.54, 1.807) is 68.6 Å². The van der Waals surface area contributed by atoms with Crippen molar-refractivity contribution < 1.29 is 37.8 Å². The third-order valence-corrected chi connectivity index (χ3v) is 7.57. The van der Waals surface area contributed by atoms with Crippen LogP contribution in [0.5, 0.6) is 23.0 Å². The third kappa shape index (κ3) is 10.4. The van der Waals surface area contributed by atoms with Gasteiger partial charge in [0.1, 0.15) is 42.6 Å². The van der Waals surface area contributed by atoms with Gasteiger partial charge >= 0.3 is 0 Å². The molecule has 0 aromatic heterocycles. The van der Waals surface area contributed by atoms with Crippen LogP contribution in [0.25, 0.3) is 0 Å². The van der Waals surface area contributed by atoms with Crippen LogP contribution in [0.4, 0.5) is 4.39 Å². The van der Waals surface area contributed by atoms with Crippen LogP contribution in [0.2, 0.25) is 0 Å². The molecule has 0 saturated carbocycles. The Hall–Kier alpha value is -5.13. The SMILES string of the molecule is CC(C)C[C@@H]1NC(=O)CC[C@@H](C(=O)N[C@H](C)COc2ccccc2Oc2cccc(F)c2)NC(=O)c2ccccc2OCCN(C)C1=O. The Bertz CT molecular complexity index is 1580. The molecule has 4 amide bonds. The number of halogens is 1. The number of nitrogens with one attached hydrogen (secondary N) is 3. The van der Waals surface area contributed by atoms with Crippen molar-refractivity contribution in [3.63, 3.8) is 0 Å². The Morgan fingerprint density at radius 2 is 1.73 bits per heavy atom. The number of benzene rings is 3. The average molecular weight is 663 g/mol. The highest BCUT2D eigenvalue weighted by atomic mass is 19.1. The van der Waals surface area contributed by atoms with Crippen molar-refractivity contribution in [1.29, 1.82) is 0 Å². The minimum absolute atomic E-state index is 0.0251. The number of ether oxygens (including phenoxy) is 3. The number of carbonyl (C=O) groups excluding carboxylic acids is 4. The Labute approximate surface area is 280 Å². The highest BCUT2D eigenvalue weighted by Gasteiger charge is 2.29. The van der Waals surface area contributed by atoms with E-state index >= 15 is 0 Å². The summed E-state index contributed by atoms with van der Waals surface area (Å²) < 4.78 is 31.3. The number of hydrogen-bond donors (Lipinski definition) is 3. The lowest BCUT2D eigenvalue weighted by molar-refractivity contribution is -0.136. The van der Waals surface area contributed by atoms with Gasteiger partial charge in [0.15, 0.2) is 11.5 Å². The molecule has 48 heavy (non-hydrogen) atoms. The normalized spacial score (nSPS) is 18.3. The lowest BCUT2D eigenvalue weighted by atomic mass is 10.0. The molecule has 3 atom stereocenters. The molecule has 256 valence electrons. The molecule has 11 nitrogen and oxygen atoms in total. The molecule has 1 aliphatic heterocycles. The second-order valence-electron chi connectivity index (χ2n) is 12.1. The molecule has 1 aliphatic rings. The van der Waals surface area contributed by atoms with Crippen molar-refractivity contribution in [1.82, 2.24) is 20.9 Å². The first-order valence-electron chi connectivity index (χ1n) is 16.0. The molecule has 0 spiro atoms. The van der Waals surface area contributed by atoms with Crippen molar-refractivity contribution >= 4 is 23.6 Å². The van der Waals surface area contributed by atoms with Gasteiger partial charge in [0.05, 0.1) is 18.2 Å². The highest BCUT2D eigenvalue weighted by Crippen LogP contribution is 2.31. The average Bonchev–Trinajstić information content (AvgIpc) is 3.05. The van der Waals surface area contributed by atoms with Gasteiger partial charge in [-0.15, -0.1) is 0 Å². The van der Waals surface area contributed by atoms with Crippen molar-refractivity contribution in [2.75, 3.05) is 26.8 Å². The van der Waals surface area contributed by atoms with E-state index in [1.165, 1.54) is 23.1 Å². The Kier molecular flexibility index (Phi) is 12.8. The molecule has 0 saturated heterocycles. The summed E-state index contributed by atoms with van der Waals surface area (Å²) in [7, 11) is 1.64. The predicted molar refractivity (Wildman–Crippen MR) is 177 cm³/mol. The number of carbonyl (C=O) groups is 4. The number of hydrogen-bond acceptors (Lipinski definition) is 7. The van der Waals surface area contributed by atoms with Gasteiger partial charge in [-0.05, 0) is 62.1 Å². The van der Waals surface area contributed by atoms with Crippen molar-refractivity contribution in [3.8, 4) is 23.0 Å². The zero-order chi connectivity index (χ0) is 34.6. The number of nitrogens with zero attached hydrogens (tertiary/aromatic N) is 1. The Morgan fingerprint density at radius 1 is 1.00 bits per heavy atom. The smallest absolute Gasteiger partial charge is 0.255 e. The molecular weight excluding hydrogens is 619 g/mol. The maximum atomic E-state index is 13.7. The summed E-state index contributed by atoms with van der Waals surface area (Å²) in [6, 6.07) is 16.9. The van der Waals surface area contributed by atoms with Crippen molar-refractivity contribution in [2.24, 2.45) is 5.92 Å². The molecular formula is C36H43FN4O7. The lowest BCUT2D eigenvalue weighted by Gasteiger charge is -2.26. The van der Waals surface area contributed by atoms with E-state index in [9.17, 15) is 23.6 Å². The Morgan fingerprint density at radius 3 is 2.48 bits per heavy atom. The number of fused-ring (bicyclic) bond motifs is 1. The van der Waals surface area contributed by atoms with Crippen LogP contribution in [-0.4, -0.2) is 73.5 Å². The molecule has 0 unspecified atom stereocenters. The van der Waals surface area contributed by atoms with Crippen LogP contribution < -0.4 is 30.2 Å². The van der Waals surface area contributed by atoms with Gasteiger partial charge < -0.3 is 35.1 Å². The van der Waals surface area contributed by atoms with Gasteiger partial charge in [-0.25, -0.2) is 4.39 Å². The monoisotopic (exact) mass is 662 g/mol. The molecule has 12 heteroatoms. The predicted octanol–water partition coefficient (Wildman–Crippen LogP) is 4.46. The van der Waals surface area contributed by atoms with E-state index in [0.29, 0.717) is 29.4 Å². The van der Waals surface area contributed by atoms with Gasteiger partial charge in [0.25, 0.3) is 5.91 Å². The van der Waals surface area contributed by atoms with Gasteiger partial charge in [-0.2, -0.15) is 0 Å². The van der Waals surface area contributed by atoms with Gasteiger partial charge in [0, 0.05) is 19.5 Å². The number of para-hydroxylation sites is 3. The minimum Gasteiger partial charge on any atom is -0.491 e. The van der Waals surface area contributed by atoms with E-state index in [1.807, 2.05) is 13.8 Å². The molecule has 3 aromatic rings. The summed E-state index contributed by atoms with van der Waals surface area (Å²) in [5, 5.41) is 8.44. The van der Waals surface area contributed by atoms with Crippen molar-refractivity contribution in [2.45, 2.75) is 58.2 Å². The number of amides is 4. The van der Waals surface area contributed by atoms with Crippen LogP contribution in [0.15, 0.2) is 72.8 Å². The summed E-state index contributed by atoms with van der Waals surface area (Å²) in [5.41, 5.74) is 0.215. The fourth-order valence-corrected chi connectivity index (χ4v) is 5.10. The second-order valence-corrected chi connectivity index (χ2v) is 12.1. The van der Waals surface area contributed by atoms with Crippen LogP contribution >= 0.6 is 0 Å². The minimum atomic E-state index is -1.09. The summed E-state index contributed by atoms with van der Waals surface area (Å²) in [5.74, 6) is -0.667. The Balaban J connectivity index is 1.47. The molecule has 3 N–H and O–H groups in total. The molecule has 0 aliphatic carbocycles. The van der Waals surface area contributed by atoms with Crippen molar-refractivity contribution in [3.05, 3.63) is 84.2 Å². The molecule has 3 aromatic carbocycles. The second kappa shape index (κ2) is 17.1. The molecule has 0 fully saturated rings. The van der Waals surface area contributed by atoms with Crippen LogP contribution in [-0.2, 0) is 14.4 Å². The quantitative estimate of drug-likeness (QED) is 0.308. The standard InChI is InChI=1S/C36H43FN4O7/c1-23(2)20-29-36(45)41(4)18-19-46-30-13-6-5-12-27(30)34(43)40-28(16-17-33(42)39-29)35(44)38-24(3)22-47-31-14-7-8-15-32(31)48-26-11-9-10-25(37)21-26/h5-15,21,23-24,28-29H,16-20,22H2,1-4H3,(H,38,44)(H,39,42)(H,40,43)/t24-,28+,29+/m1/s1. The maximum Gasteiger partial charge on any atom is 0.255 e. The third-order valence-electron chi connectivity index (χ3n) is 7.57. The molecule has 4 rings (SSSR count). The van der Waals surface area contributed by atoms with E-state index in [0.717, 1.165) is 0 Å². The molecule has 0 radical (unpaired) electrons.